The van der Waals surface area contributed by atoms with Crippen molar-refractivity contribution in [3.8, 4) is 0 Å². The largest absolute Gasteiger partial charge is 0.480 e. The summed E-state index contributed by atoms with van der Waals surface area (Å²) in [5, 5.41) is 21.9. The SMILES string of the molecule is CCCC/C=C\C/C=C\CCCCCCCC(=O)OCC(O)COP(=O)(O)OCC(NC(=O)CCCCCCCCCCCCCCCCCCCCCCCCCC)C(=O)O. The van der Waals surface area contributed by atoms with Gasteiger partial charge in [0.05, 0.1) is 13.2 Å². The number of carboxylic acid groups (broad SMARTS) is 1. The van der Waals surface area contributed by atoms with Gasteiger partial charge in [-0.2, -0.15) is 0 Å². The average molecular weight is 900 g/mol. The van der Waals surface area contributed by atoms with Gasteiger partial charge in [0.15, 0.2) is 6.04 Å². The molecule has 1 amide bonds. The number of phosphoric acid groups is 1. The third kappa shape index (κ3) is 44.6. The van der Waals surface area contributed by atoms with E-state index in [-0.39, 0.29) is 12.8 Å². The number of carbonyl (C=O) groups excluding carboxylic acids is 2. The van der Waals surface area contributed by atoms with Crippen molar-refractivity contribution in [2.24, 2.45) is 0 Å². The molecule has 0 aliphatic heterocycles. The lowest BCUT2D eigenvalue weighted by Crippen LogP contribution is -2.43. The molecule has 0 radical (unpaired) electrons. The number of aliphatic carboxylic acids is 1. The molecule has 0 aliphatic rings. The molecule has 0 saturated heterocycles. The molecule has 4 N–H and O–H groups in total. The molecule has 3 atom stereocenters. The standard InChI is InChI=1S/C50H94NO10P/c1-3-5-7-9-11-13-15-17-19-20-21-22-23-24-25-26-27-28-29-31-33-35-37-39-41-48(53)51-47(50(55)56)45-61-62(57,58)60-44-46(52)43-59-49(54)42-40-38-36-34-32-30-18-16-14-12-10-8-6-4-2/h10,12,16,18,46-47,52H,3-9,11,13-15,17,19-45H2,1-2H3,(H,51,53)(H,55,56)(H,57,58)/b12-10-,18-16-. The summed E-state index contributed by atoms with van der Waals surface area (Å²) in [4.78, 5) is 46.1. The summed E-state index contributed by atoms with van der Waals surface area (Å²) in [6.07, 6.45) is 49.2. The second kappa shape index (κ2) is 45.5. The number of amides is 1. The minimum Gasteiger partial charge on any atom is -0.480 e. The topological polar surface area (TPSA) is 169 Å². The second-order valence-corrected chi connectivity index (χ2v) is 18.8. The molecule has 0 rings (SSSR count). The van der Waals surface area contributed by atoms with Crippen LogP contribution in [0.25, 0.3) is 0 Å². The number of ether oxygens (including phenoxy) is 1. The van der Waals surface area contributed by atoms with Crippen LogP contribution in [0.5, 0.6) is 0 Å². The number of rotatable bonds is 48. The smallest absolute Gasteiger partial charge is 0.472 e. The Bertz CT molecular complexity index is 1150. The van der Waals surface area contributed by atoms with Crippen molar-refractivity contribution in [1.29, 1.82) is 0 Å². The summed E-state index contributed by atoms with van der Waals surface area (Å²) in [6.45, 7) is 2.58. The molecule has 364 valence electrons. The third-order valence-electron chi connectivity index (χ3n) is 11.2. The first kappa shape index (κ1) is 60.0. The van der Waals surface area contributed by atoms with Crippen molar-refractivity contribution in [1.82, 2.24) is 5.32 Å². The molecule has 3 unspecified atom stereocenters. The number of allylic oxidation sites excluding steroid dienone is 4. The Morgan fingerprint density at radius 3 is 1.35 bits per heavy atom. The monoisotopic (exact) mass is 900 g/mol. The van der Waals surface area contributed by atoms with Crippen LogP contribution in [0.15, 0.2) is 24.3 Å². The first-order valence-electron chi connectivity index (χ1n) is 25.4. The van der Waals surface area contributed by atoms with E-state index < -0.39 is 57.6 Å². The highest BCUT2D eigenvalue weighted by Gasteiger charge is 2.28. The van der Waals surface area contributed by atoms with Gasteiger partial charge in [0, 0.05) is 12.8 Å². The predicted octanol–water partition coefficient (Wildman–Crippen LogP) is 13.8. The number of carboxylic acids is 1. The van der Waals surface area contributed by atoms with Crippen LogP contribution in [0.3, 0.4) is 0 Å². The van der Waals surface area contributed by atoms with E-state index in [0.717, 1.165) is 64.2 Å². The number of hydrogen-bond acceptors (Lipinski definition) is 8. The zero-order valence-electron chi connectivity index (χ0n) is 39.7. The first-order chi connectivity index (χ1) is 30.1. The van der Waals surface area contributed by atoms with Crippen LogP contribution in [0.4, 0.5) is 0 Å². The van der Waals surface area contributed by atoms with E-state index in [1.54, 1.807) is 0 Å². The van der Waals surface area contributed by atoms with Gasteiger partial charge in [0.1, 0.15) is 12.7 Å². The minimum atomic E-state index is -4.76. The number of phosphoric ester groups is 1. The van der Waals surface area contributed by atoms with Crippen LogP contribution in [0, 0.1) is 0 Å². The van der Waals surface area contributed by atoms with Gasteiger partial charge in [-0.25, -0.2) is 9.36 Å². The summed E-state index contributed by atoms with van der Waals surface area (Å²) in [6, 6.07) is -1.55. The summed E-state index contributed by atoms with van der Waals surface area (Å²) >= 11 is 0. The molecule has 0 bridgehead atoms. The number of nitrogens with one attached hydrogen (secondary N) is 1. The Hall–Kier alpha value is -2.04. The van der Waals surface area contributed by atoms with Crippen molar-refractivity contribution < 1.29 is 47.8 Å². The van der Waals surface area contributed by atoms with Crippen molar-refractivity contribution in [2.45, 2.75) is 257 Å². The molecule has 62 heavy (non-hydrogen) atoms. The van der Waals surface area contributed by atoms with Crippen LogP contribution in [-0.4, -0.2) is 64.9 Å². The molecule has 0 aromatic rings. The minimum absolute atomic E-state index is 0.150. The highest BCUT2D eigenvalue weighted by atomic mass is 31.2. The molecule has 0 aromatic carbocycles. The van der Waals surface area contributed by atoms with E-state index in [1.807, 2.05) is 0 Å². The highest BCUT2D eigenvalue weighted by molar-refractivity contribution is 7.47. The van der Waals surface area contributed by atoms with Gasteiger partial charge in [0.2, 0.25) is 5.91 Å². The van der Waals surface area contributed by atoms with Crippen LogP contribution in [0.2, 0.25) is 0 Å². The summed E-state index contributed by atoms with van der Waals surface area (Å²) in [7, 11) is -4.76. The normalized spacial score (nSPS) is 13.7. The van der Waals surface area contributed by atoms with E-state index in [4.69, 9.17) is 13.8 Å². The molecule has 12 heteroatoms. The highest BCUT2D eigenvalue weighted by Crippen LogP contribution is 2.43. The molecular formula is C50H94NO10P. The molecule has 0 fully saturated rings. The third-order valence-corrected chi connectivity index (χ3v) is 12.2. The Labute approximate surface area is 379 Å². The summed E-state index contributed by atoms with van der Waals surface area (Å²) < 4.78 is 26.9. The maximum atomic E-state index is 12.4. The molecule has 0 heterocycles. The van der Waals surface area contributed by atoms with Gasteiger partial charge in [-0.1, -0.05) is 218 Å². The van der Waals surface area contributed by atoms with E-state index in [1.165, 1.54) is 141 Å². The average Bonchev–Trinajstić information content (AvgIpc) is 3.25. The van der Waals surface area contributed by atoms with Crippen molar-refractivity contribution >= 4 is 25.7 Å². The molecule has 0 aliphatic carbocycles. The molecule has 0 spiro atoms. The molecular weight excluding hydrogens is 806 g/mol. The van der Waals surface area contributed by atoms with E-state index in [0.29, 0.717) is 12.8 Å². The van der Waals surface area contributed by atoms with Gasteiger partial charge < -0.3 is 25.2 Å². The van der Waals surface area contributed by atoms with E-state index in [9.17, 15) is 34.1 Å². The Morgan fingerprint density at radius 1 is 0.516 bits per heavy atom. The number of unbranched alkanes of at least 4 members (excludes halogenated alkanes) is 30. The van der Waals surface area contributed by atoms with Crippen LogP contribution < -0.4 is 5.32 Å². The van der Waals surface area contributed by atoms with Crippen molar-refractivity contribution in [3.63, 3.8) is 0 Å². The first-order valence-corrected chi connectivity index (χ1v) is 26.9. The fraction of sp³-hybridized carbons (Fsp3) is 0.860. The number of esters is 1. The van der Waals surface area contributed by atoms with Gasteiger partial charge in [0.25, 0.3) is 0 Å². The van der Waals surface area contributed by atoms with Gasteiger partial charge in [-0.3, -0.25) is 18.6 Å². The maximum absolute atomic E-state index is 12.4. The summed E-state index contributed by atoms with van der Waals surface area (Å²) in [5.74, 6) is -2.37. The van der Waals surface area contributed by atoms with Gasteiger partial charge in [-0.15, -0.1) is 0 Å². The van der Waals surface area contributed by atoms with Crippen LogP contribution in [-0.2, 0) is 32.7 Å². The number of aliphatic hydroxyl groups excluding tert-OH is 1. The van der Waals surface area contributed by atoms with Gasteiger partial charge in [-0.05, 0) is 38.5 Å². The molecule has 11 nitrogen and oxygen atoms in total. The lowest BCUT2D eigenvalue weighted by Gasteiger charge is -2.18. The number of carbonyl (C=O) groups is 3. The molecule has 0 saturated carbocycles. The quantitative estimate of drug-likeness (QED) is 0.0200. The Kier molecular flexibility index (Phi) is 44.0. The van der Waals surface area contributed by atoms with E-state index in [2.05, 4.69) is 43.5 Å². The number of hydrogen-bond donors (Lipinski definition) is 4. The zero-order valence-corrected chi connectivity index (χ0v) is 40.6. The lowest BCUT2D eigenvalue weighted by atomic mass is 10.0. The molecule has 0 aromatic heterocycles. The van der Waals surface area contributed by atoms with Crippen LogP contribution >= 0.6 is 7.82 Å². The van der Waals surface area contributed by atoms with Crippen LogP contribution in [0.1, 0.15) is 245 Å². The number of aliphatic hydroxyl groups is 1. The van der Waals surface area contributed by atoms with Crippen molar-refractivity contribution in [3.05, 3.63) is 24.3 Å². The fourth-order valence-electron chi connectivity index (χ4n) is 7.28. The lowest BCUT2D eigenvalue weighted by molar-refractivity contribution is -0.147. The van der Waals surface area contributed by atoms with Crippen molar-refractivity contribution in [2.75, 3.05) is 19.8 Å². The maximum Gasteiger partial charge on any atom is 0.472 e. The zero-order chi connectivity index (χ0) is 45.6. The van der Waals surface area contributed by atoms with Gasteiger partial charge >= 0.3 is 19.8 Å². The van der Waals surface area contributed by atoms with E-state index >= 15 is 0 Å². The predicted molar refractivity (Wildman–Crippen MR) is 254 cm³/mol. The summed E-state index contributed by atoms with van der Waals surface area (Å²) in [5.41, 5.74) is 0. The fourth-order valence-corrected chi connectivity index (χ4v) is 8.05. The Balaban J connectivity index is 3.79. The Morgan fingerprint density at radius 2 is 0.903 bits per heavy atom. The second-order valence-electron chi connectivity index (χ2n) is 17.4.